The van der Waals surface area contributed by atoms with E-state index in [0.717, 1.165) is 6.54 Å². The van der Waals surface area contributed by atoms with Gasteiger partial charge in [0.1, 0.15) is 0 Å². The minimum Gasteiger partial charge on any atom is -0.334 e. The third-order valence-electron chi connectivity index (χ3n) is 2.77. The van der Waals surface area contributed by atoms with Crippen LogP contribution >= 0.6 is 0 Å². The molecule has 0 saturated heterocycles. The van der Waals surface area contributed by atoms with Gasteiger partial charge in [0.2, 0.25) is 0 Å². The molecule has 0 aliphatic rings. The Morgan fingerprint density at radius 2 is 1.88 bits per heavy atom. The van der Waals surface area contributed by atoms with Gasteiger partial charge in [-0.1, -0.05) is 51.2 Å². The van der Waals surface area contributed by atoms with E-state index in [1.165, 1.54) is 44.9 Å². The molecule has 0 fully saturated rings. The molecular weight excluding hydrogens is 196 g/mol. The van der Waals surface area contributed by atoms with Gasteiger partial charge in [-0.25, -0.2) is 4.98 Å². The van der Waals surface area contributed by atoms with Crippen molar-refractivity contribution >= 4 is 0 Å². The Balaban J connectivity index is 1.89. The molecule has 0 bridgehead atoms. The molecule has 90 valence electrons. The molecule has 1 aromatic heterocycles. The second kappa shape index (κ2) is 9.20. The second-order valence-electron chi connectivity index (χ2n) is 4.29. The van der Waals surface area contributed by atoms with E-state index >= 15 is 0 Å². The number of rotatable bonds is 9. The number of unbranched alkanes of at least 4 members (excludes halogenated alkanes) is 6. The Labute approximate surface area is 99.4 Å². The maximum absolute atomic E-state index is 4.01. The molecule has 2 heteroatoms. The van der Waals surface area contributed by atoms with Crippen LogP contribution in [0.2, 0.25) is 0 Å². The van der Waals surface area contributed by atoms with Crippen molar-refractivity contribution in [1.29, 1.82) is 0 Å². The summed E-state index contributed by atoms with van der Waals surface area (Å²) in [5, 5.41) is 0. The smallest absolute Gasteiger partial charge is 0.0948 e. The molecule has 0 amide bonds. The molecular formula is C14H24N2. The fourth-order valence-corrected chi connectivity index (χ4v) is 1.75. The van der Waals surface area contributed by atoms with E-state index in [2.05, 4.69) is 28.6 Å². The molecule has 0 aliphatic carbocycles. The number of imidazole rings is 1. The summed E-state index contributed by atoms with van der Waals surface area (Å²) in [6.07, 6.45) is 19.7. The van der Waals surface area contributed by atoms with Crippen LogP contribution in [-0.2, 0) is 6.54 Å². The summed E-state index contributed by atoms with van der Waals surface area (Å²) in [5.74, 6) is 0. The average molecular weight is 220 g/mol. The molecule has 1 heterocycles. The Morgan fingerprint density at radius 3 is 2.62 bits per heavy atom. The lowest BCUT2D eigenvalue weighted by atomic mass is 10.1. The molecule has 0 aliphatic heterocycles. The van der Waals surface area contributed by atoms with E-state index in [4.69, 9.17) is 0 Å². The summed E-state index contributed by atoms with van der Waals surface area (Å²) < 4.78 is 2.08. The molecule has 1 aromatic rings. The second-order valence-corrected chi connectivity index (χ2v) is 4.29. The first-order valence-corrected chi connectivity index (χ1v) is 6.54. The summed E-state index contributed by atoms with van der Waals surface area (Å²) in [5.41, 5.74) is 0. The fourth-order valence-electron chi connectivity index (χ4n) is 1.75. The lowest BCUT2D eigenvalue weighted by molar-refractivity contribution is 0.611. The van der Waals surface area contributed by atoms with Gasteiger partial charge in [0.25, 0.3) is 0 Å². The van der Waals surface area contributed by atoms with E-state index in [1.807, 2.05) is 18.7 Å². The highest BCUT2D eigenvalue weighted by Crippen LogP contribution is 2.07. The van der Waals surface area contributed by atoms with Crippen LogP contribution < -0.4 is 0 Å². The van der Waals surface area contributed by atoms with E-state index in [0.29, 0.717) is 0 Å². The van der Waals surface area contributed by atoms with Crippen LogP contribution in [0.15, 0.2) is 30.9 Å². The number of allylic oxidation sites excluding steroid dienone is 2. The molecule has 1 rings (SSSR count). The first-order chi connectivity index (χ1) is 7.93. The van der Waals surface area contributed by atoms with Crippen molar-refractivity contribution in [1.82, 2.24) is 9.55 Å². The quantitative estimate of drug-likeness (QED) is 0.450. The first kappa shape index (κ1) is 13.0. The predicted octanol–water partition coefficient (Wildman–Crippen LogP) is 4.19. The molecule has 0 saturated carbocycles. The molecule has 0 atom stereocenters. The van der Waals surface area contributed by atoms with Crippen LogP contribution in [0.25, 0.3) is 0 Å². The zero-order valence-electron chi connectivity index (χ0n) is 10.4. The van der Waals surface area contributed by atoms with Crippen LogP contribution in [0, 0.1) is 0 Å². The van der Waals surface area contributed by atoms with Crippen molar-refractivity contribution in [3.05, 3.63) is 30.9 Å². The summed E-state index contributed by atoms with van der Waals surface area (Å²) in [4.78, 5) is 4.01. The summed E-state index contributed by atoms with van der Waals surface area (Å²) in [7, 11) is 0. The topological polar surface area (TPSA) is 17.8 Å². The molecule has 16 heavy (non-hydrogen) atoms. The van der Waals surface area contributed by atoms with E-state index in [-0.39, 0.29) is 0 Å². The highest BCUT2D eigenvalue weighted by atomic mass is 15.0. The number of nitrogens with zero attached hydrogens (tertiary/aromatic N) is 2. The SMILES string of the molecule is CCCCCCCCC=CCn1ccnc1. The van der Waals surface area contributed by atoms with Gasteiger partial charge in [0, 0.05) is 18.9 Å². The summed E-state index contributed by atoms with van der Waals surface area (Å²) in [6, 6.07) is 0. The van der Waals surface area contributed by atoms with Gasteiger partial charge in [-0.3, -0.25) is 0 Å². The predicted molar refractivity (Wildman–Crippen MR) is 69.4 cm³/mol. The van der Waals surface area contributed by atoms with Crippen LogP contribution in [-0.4, -0.2) is 9.55 Å². The minimum absolute atomic E-state index is 0.954. The third-order valence-corrected chi connectivity index (χ3v) is 2.77. The zero-order valence-corrected chi connectivity index (χ0v) is 10.4. The van der Waals surface area contributed by atoms with Crippen molar-refractivity contribution in [2.45, 2.75) is 58.4 Å². The maximum Gasteiger partial charge on any atom is 0.0948 e. The molecule has 0 aromatic carbocycles. The van der Waals surface area contributed by atoms with Crippen LogP contribution in [0.5, 0.6) is 0 Å². The first-order valence-electron chi connectivity index (χ1n) is 6.54. The number of aromatic nitrogens is 2. The van der Waals surface area contributed by atoms with Crippen molar-refractivity contribution in [3.63, 3.8) is 0 Å². The Bertz CT molecular complexity index is 262. The normalized spacial score (nSPS) is 11.3. The Hall–Kier alpha value is -1.05. The molecule has 0 N–H and O–H groups in total. The van der Waals surface area contributed by atoms with Crippen molar-refractivity contribution in [2.75, 3.05) is 0 Å². The maximum atomic E-state index is 4.01. The molecule has 0 spiro atoms. The standard InChI is InChI=1S/C14H24N2/c1-2-3-4-5-6-7-8-9-10-12-16-13-11-15-14-16/h9-11,13-14H,2-8,12H2,1H3. The fraction of sp³-hybridized carbons (Fsp3) is 0.643. The average Bonchev–Trinajstić information content (AvgIpc) is 2.80. The van der Waals surface area contributed by atoms with E-state index in [9.17, 15) is 0 Å². The van der Waals surface area contributed by atoms with Gasteiger partial charge in [0.15, 0.2) is 0 Å². The van der Waals surface area contributed by atoms with E-state index in [1.54, 1.807) is 0 Å². The van der Waals surface area contributed by atoms with Gasteiger partial charge in [-0.05, 0) is 12.8 Å². The number of hydrogen-bond acceptors (Lipinski definition) is 1. The van der Waals surface area contributed by atoms with Crippen molar-refractivity contribution in [3.8, 4) is 0 Å². The molecule has 0 radical (unpaired) electrons. The van der Waals surface area contributed by atoms with Gasteiger partial charge in [-0.15, -0.1) is 0 Å². The van der Waals surface area contributed by atoms with Crippen LogP contribution in [0.1, 0.15) is 51.9 Å². The summed E-state index contributed by atoms with van der Waals surface area (Å²) >= 11 is 0. The van der Waals surface area contributed by atoms with Gasteiger partial charge in [0.05, 0.1) is 6.33 Å². The van der Waals surface area contributed by atoms with Crippen LogP contribution in [0.3, 0.4) is 0 Å². The molecule has 2 nitrogen and oxygen atoms in total. The van der Waals surface area contributed by atoms with E-state index < -0.39 is 0 Å². The Morgan fingerprint density at radius 1 is 1.06 bits per heavy atom. The largest absolute Gasteiger partial charge is 0.334 e. The lowest BCUT2D eigenvalue weighted by Gasteiger charge is -1.98. The lowest BCUT2D eigenvalue weighted by Crippen LogP contribution is -1.89. The Kier molecular flexibility index (Phi) is 7.48. The van der Waals surface area contributed by atoms with Gasteiger partial charge >= 0.3 is 0 Å². The highest BCUT2D eigenvalue weighted by molar-refractivity contribution is 4.85. The summed E-state index contributed by atoms with van der Waals surface area (Å²) in [6.45, 7) is 3.22. The highest BCUT2D eigenvalue weighted by Gasteiger charge is 1.88. The van der Waals surface area contributed by atoms with Gasteiger partial charge < -0.3 is 4.57 Å². The minimum atomic E-state index is 0.954. The van der Waals surface area contributed by atoms with Crippen LogP contribution in [0.4, 0.5) is 0 Å². The number of hydrogen-bond donors (Lipinski definition) is 0. The monoisotopic (exact) mass is 220 g/mol. The van der Waals surface area contributed by atoms with Crippen molar-refractivity contribution < 1.29 is 0 Å². The zero-order chi connectivity index (χ0) is 11.5. The third kappa shape index (κ3) is 6.44. The van der Waals surface area contributed by atoms with Gasteiger partial charge in [-0.2, -0.15) is 0 Å². The van der Waals surface area contributed by atoms with Crippen molar-refractivity contribution in [2.24, 2.45) is 0 Å². The molecule has 0 unspecified atom stereocenters.